The van der Waals surface area contributed by atoms with Crippen LogP contribution < -0.4 is 10.6 Å². The number of hydrogen-bond acceptors (Lipinski definition) is 4. The minimum atomic E-state index is -0.0380. The second kappa shape index (κ2) is 5.54. The predicted octanol–water partition coefficient (Wildman–Crippen LogP) is 1.63. The highest BCUT2D eigenvalue weighted by molar-refractivity contribution is 6.36. The van der Waals surface area contributed by atoms with Gasteiger partial charge < -0.3 is 15.4 Å². The van der Waals surface area contributed by atoms with Gasteiger partial charge in [0.2, 0.25) is 0 Å². The molecule has 0 amide bonds. The third kappa shape index (κ3) is 2.57. The zero-order valence-corrected chi connectivity index (χ0v) is 11.1. The quantitative estimate of drug-likeness (QED) is 0.645. The van der Waals surface area contributed by atoms with Crippen LogP contribution in [-0.4, -0.2) is 37.1 Å². The standard InChI is InChI=1S/C12H17ClN4O/c1-18-8-3-2-6-17(7-8)12-10(13)9(11(14)15)4-5-16-12/h4-5,8H,2-3,6-7H2,1H3,(H3,14,15). The first-order valence-corrected chi connectivity index (χ1v) is 6.28. The molecule has 18 heavy (non-hydrogen) atoms. The van der Waals surface area contributed by atoms with Crippen LogP contribution in [0.1, 0.15) is 18.4 Å². The number of rotatable bonds is 3. The minimum Gasteiger partial charge on any atom is -0.384 e. The number of ether oxygens (including phenoxy) is 1. The molecular weight excluding hydrogens is 252 g/mol. The van der Waals surface area contributed by atoms with Crippen molar-refractivity contribution in [2.24, 2.45) is 5.73 Å². The third-order valence-corrected chi connectivity index (χ3v) is 3.54. The predicted molar refractivity (Wildman–Crippen MR) is 72.5 cm³/mol. The van der Waals surface area contributed by atoms with E-state index in [2.05, 4.69) is 9.88 Å². The van der Waals surface area contributed by atoms with Crippen LogP contribution in [0.15, 0.2) is 12.3 Å². The van der Waals surface area contributed by atoms with E-state index in [-0.39, 0.29) is 11.9 Å². The summed E-state index contributed by atoms with van der Waals surface area (Å²) in [4.78, 5) is 6.39. The molecule has 1 aromatic rings. The van der Waals surface area contributed by atoms with Gasteiger partial charge >= 0.3 is 0 Å². The summed E-state index contributed by atoms with van der Waals surface area (Å²) in [5.74, 6) is 0.648. The average molecular weight is 269 g/mol. The highest BCUT2D eigenvalue weighted by Gasteiger charge is 2.23. The Kier molecular flexibility index (Phi) is 4.04. The molecule has 1 aliphatic heterocycles. The number of aromatic nitrogens is 1. The van der Waals surface area contributed by atoms with E-state index < -0.39 is 0 Å². The Morgan fingerprint density at radius 3 is 3.11 bits per heavy atom. The van der Waals surface area contributed by atoms with Gasteiger partial charge in [-0.25, -0.2) is 4.98 Å². The number of methoxy groups -OCH3 is 1. The molecule has 0 aliphatic carbocycles. The fraction of sp³-hybridized carbons (Fsp3) is 0.500. The van der Waals surface area contributed by atoms with Crippen LogP contribution in [0, 0.1) is 5.41 Å². The van der Waals surface area contributed by atoms with Crippen LogP contribution in [0.5, 0.6) is 0 Å². The second-order valence-electron chi connectivity index (χ2n) is 4.36. The molecule has 1 saturated heterocycles. The van der Waals surface area contributed by atoms with Gasteiger partial charge in [0.15, 0.2) is 0 Å². The van der Waals surface area contributed by atoms with Crippen molar-refractivity contribution in [3.05, 3.63) is 22.8 Å². The van der Waals surface area contributed by atoms with Crippen LogP contribution in [0.3, 0.4) is 0 Å². The summed E-state index contributed by atoms with van der Waals surface area (Å²) in [6.45, 7) is 1.67. The van der Waals surface area contributed by atoms with Gasteiger partial charge in [-0.2, -0.15) is 0 Å². The molecule has 5 nitrogen and oxygen atoms in total. The van der Waals surface area contributed by atoms with Crippen molar-refractivity contribution >= 4 is 23.3 Å². The summed E-state index contributed by atoms with van der Waals surface area (Å²) in [5.41, 5.74) is 6.02. The lowest BCUT2D eigenvalue weighted by molar-refractivity contribution is 0.0891. The van der Waals surface area contributed by atoms with E-state index in [1.807, 2.05) is 0 Å². The number of nitrogens with two attached hydrogens (primary N) is 1. The Bertz CT molecular complexity index is 452. The lowest BCUT2D eigenvalue weighted by atomic mass is 10.1. The van der Waals surface area contributed by atoms with Crippen molar-refractivity contribution < 1.29 is 4.74 Å². The first-order valence-electron chi connectivity index (χ1n) is 5.90. The van der Waals surface area contributed by atoms with Gasteiger partial charge in [-0.05, 0) is 18.9 Å². The Balaban J connectivity index is 2.27. The van der Waals surface area contributed by atoms with E-state index in [1.165, 1.54) is 0 Å². The molecule has 1 aliphatic rings. The zero-order valence-electron chi connectivity index (χ0n) is 10.3. The van der Waals surface area contributed by atoms with E-state index in [4.69, 9.17) is 27.5 Å². The Morgan fingerprint density at radius 2 is 2.44 bits per heavy atom. The van der Waals surface area contributed by atoms with E-state index in [0.717, 1.165) is 25.9 Å². The smallest absolute Gasteiger partial charge is 0.148 e. The van der Waals surface area contributed by atoms with Gasteiger partial charge in [-0.15, -0.1) is 0 Å². The highest BCUT2D eigenvalue weighted by atomic mass is 35.5. The number of nitrogens with zero attached hydrogens (tertiary/aromatic N) is 2. The number of piperidine rings is 1. The van der Waals surface area contributed by atoms with Crippen molar-refractivity contribution in [2.75, 3.05) is 25.1 Å². The summed E-state index contributed by atoms with van der Waals surface area (Å²) >= 11 is 6.26. The molecule has 2 rings (SSSR count). The molecule has 0 aromatic carbocycles. The lowest BCUT2D eigenvalue weighted by Crippen LogP contribution is -2.40. The van der Waals surface area contributed by atoms with E-state index >= 15 is 0 Å². The molecule has 1 unspecified atom stereocenters. The summed E-state index contributed by atoms with van der Waals surface area (Å²) in [6.07, 6.45) is 3.93. The summed E-state index contributed by atoms with van der Waals surface area (Å²) < 4.78 is 5.38. The third-order valence-electron chi connectivity index (χ3n) is 3.17. The van der Waals surface area contributed by atoms with Gasteiger partial charge in [0.05, 0.1) is 11.1 Å². The average Bonchev–Trinajstić information content (AvgIpc) is 2.38. The Morgan fingerprint density at radius 1 is 1.67 bits per heavy atom. The fourth-order valence-corrected chi connectivity index (χ4v) is 2.52. The molecule has 0 spiro atoms. The number of amidine groups is 1. The van der Waals surface area contributed by atoms with Crippen LogP contribution in [0.4, 0.5) is 5.82 Å². The monoisotopic (exact) mass is 268 g/mol. The number of nitrogens with one attached hydrogen (secondary N) is 1. The molecule has 1 atom stereocenters. The molecule has 0 radical (unpaired) electrons. The molecule has 0 bridgehead atoms. The topological polar surface area (TPSA) is 75.2 Å². The minimum absolute atomic E-state index is 0.0380. The molecule has 1 aromatic heterocycles. The van der Waals surface area contributed by atoms with Crippen LogP contribution >= 0.6 is 11.6 Å². The first-order chi connectivity index (χ1) is 8.63. The van der Waals surface area contributed by atoms with Crippen molar-refractivity contribution in [2.45, 2.75) is 18.9 Å². The number of anilines is 1. The largest absolute Gasteiger partial charge is 0.384 e. The van der Waals surface area contributed by atoms with Gasteiger partial charge in [-0.3, -0.25) is 5.41 Å². The first kappa shape index (κ1) is 13.1. The fourth-order valence-electron chi connectivity index (χ4n) is 2.18. The number of hydrogen-bond donors (Lipinski definition) is 2. The summed E-state index contributed by atoms with van der Waals surface area (Å²) in [7, 11) is 1.72. The Labute approximate surface area is 111 Å². The number of pyridine rings is 1. The van der Waals surface area contributed by atoms with Crippen LogP contribution in [-0.2, 0) is 4.74 Å². The molecule has 2 heterocycles. The number of nitrogen functional groups attached to an aromatic ring is 1. The van der Waals surface area contributed by atoms with Crippen molar-refractivity contribution in [1.82, 2.24) is 4.98 Å². The normalized spacial score (nSPS) is 19.9. The molecule has 3 N–H and O–H groups in total. The van der Waals surface area contributed by atoms with Gasteiger partial charge in [-0.1, -0.05) is 11.6 Å². The van der Waals surface area contributed by atoms with Crippen LogP contribution in [0.2, 0.25) is 5.02 Å². The van der Waals surface area contributed by atoms with E-state index in [9.17, 15) is 0 Å². The molecule has 98 valence electrons. The van der Waals surface area contributed by atoms with Gasteiger partial charge in [0, 0.05) is 32.0 Å². The van der Waals surface area contributed by atoms with Crippen molar-refractivity contribution in [3.63, 3.8) is 0 Å². The maximum Gasteiger partial charge on any atom is 0.148 e. The van der Waals surface area contributed by atoms with Gasteiger partial charge in [0.1, 0.15) is 11.7 Å². The molecular formula is C12H17ClN4O. The summed E-state index contributed by atoms with van der Waals surface area (Å²) in [6, 6.07) is 1.66. The molecule has 6 heteroatoms. The van der Waals surface area contributed by atoms with Crippen molar-refractivity contribution in [3.8, 4) is 0 Å². The highest BCUT2D eigenvalue weighted by Crippen LogP contribution is 2.29. The maximum absolute atomic E-state index is 7.48. The van der Waals surface area contributed by atoms with Crippen LogP contribution in [0.25, 0.3) is 0 Å². The molecule has 1 fully saturated rings. The maximum atomic E-state index is 7.48. The molecule has 0 saturated carbocycles. The zero-order chi connectivity index (χ0) is 13.1. The number of halogens is 1. The SMILES string of the molecule is COC1CCCN(c2nccc(C(=N)N)c2Cl)C1. The Hall–Kier alpha value is -1.33. The van der Waals surface area contributed by atoms with E-state index in [1.54, 1.807) is 19.4 Å². The lowest BCUT2D eigenvalue weighted by Gasteiger charge is -2.33. The summed E-state index contributed by atoms with van der Waals surface area (Å²) in [5, 5.41) is 7.93. The van der Waals surface area contributed by atoms with Gasteiger partial charge in [0.25, 0.3) is 0 Å². The van der Waals surface area contributed by atoms with Crippen molar-refractivity contribution in [1.29, 1.82) is 5.41 Å². The second-order valence-corrected chi connectivity index (χ2v) is 4.73. The van der Waals surface area contributed by atoms with E-state index in [0.29, 0.717) is 16.4 Å².